The van der Waals surface area contributed by atoms with Crippen LogP contribution in [0.5, 0.6) is 0 Å². The van der Waals surface area contributed by atoms with Gasteiger partial charge >= 0.3 is 0 Å². The van der Waals surface area contributed by atoms with E-state index in [9.17, 15) is 0 Å². The highest BCUT2D eigenvalue weighted by Gasteiger charge is 2.06. The lowest BCUT2D eigenvalue weighted by Crippen LogP contribution is -2.18. The fourth-order valence-corrected chi connectivity index (χ4v) is 2.21. The monoisotopic (exact) mass is 221 g/mol. The van der Waals surface area contributed by atoms with Crippen molar-refractivity contribution in [2.75, 3.05) is 0 Å². The van der Waals surface area contributed by atoms with Gasteiger partial charge in [-0.05, 0) is 36.2 Å². The summed E-state index contributed by atoms with van der Waals surface area (Å²) in [4.78, 5) is 7.33. The summed E-state index contributed by atoms with van der Waals surface area (Å²) >= 11 is 1.73. The fraction of sp³-hybridized carbons (Fsp3) is 0.364. The van der Waals surface area contributed by atoms with E-state index < -0.39 is 0 Å². The minimum absolute atomic E-state index is 0.382. The number of aromatic amines is 1. The zero-order chi connectivity index (χ0) is 10.7. The number of H-pyrrole nitrogens is 1. The maximum atomic E-state index is 4.25. The molecule has 0 aromatic carbocycles. The zero-order valence-corrected chi connectivity index (χ0v) is 9.77. The topological polar surface area (TPSA) is 40.7 Å². The molecule has 2 aromatic heterocycles. The van der Waals surface area contributed by atoms with Crippen molar-refractivity contribution in [3.63, 3.8) is 0 Å². The van der Waals surface area contributed by atoms with E-state index in [4.69, 9.17) is 0 Å². The highest BCUT2D eigenvalue weighted by Crippen LogP contribution is 2.16. The Morgan fingerprint density at radius 2 is 2.47 bits per heavy atom. The van der Waals surface area contributed by atoms with Crippen molar-refractivity contribution in [1.29, 1.82) is 0 Å². The first-order chi connectivity index (χ1) is 7.27. The minimum Gasteiger partial charge on any atom is -0.348 e. The maximum Gasteiger partial charge on any atom is 0.0925 e. The number of imidazole rings is 1. The van der Waals surface area contributed by atoms with Crippen LogP contribution in [0, 0.1) is 6.92 Å². The first kappa shape index (κ1) is 10.4. The van der Waals surface area contributed by atoms with Crippen LogP contribution in [-0.4, -0.2) is 9.97 Å². The van der Waals surface area contributed by atoms with Crippen LogP contribution in [-0.2, 0) is 6.54 Å². The molecule has 0 spiro atoms. The largest absolute Gasteiger partial charge is 0.348 e. The number of nitrogens with one attached hydrogen (secondary N) is 2. The molecule has 2 N–H and O–H groups in total. The standard InChI is InChI=1S/C11H15N3S/c1-8(10-3-4-15-6-10)12-5-11-9(2)13-7-14-11/h3-4,6-8,12H,5H2,1-2H3,(H,13,14). The Balaban J connectivity index is 1.91. The number of aryl methyl sites for hydroxylation is 1. The van der Waals surface area contributed by atoms with E-state index in [2.05, 4.69) is 39.0 Å². The van der Waals surface area contributed by atoms with Gasteiger partial charge in [0, 0.05) is 18.3 Å². The molecule has 0 saturated heterocycles. The summed E-state index contributed by atoms with van der Waals surface area (Å²) in [5, 5.41) is 7.73. The number of rotatable bonds is 4. The normalized spacial score (nSPS) is 12.9. The second kappa shape index (κ2) is 4.59. The minimum atomic E-state index is 0.382. The molecule has 2 heterocycles. The van der Waals surface area contributed by atoms with Crippen LogP contribution in [0.3, 0.4) is 0 Å². The smallest absolute Gasteiger partial charge is 0.0925 e. The summed E-state index contributed by atoms with van der Waals surface area (Å²) in [6, 6.07) is 2.53. The first-order valence-electron chi connectivity index (χ1n) is 5.01. The summed E-state index contributed by atoms with van der Waals surface area (Å²) < 4.78 is 0. The third-order valence-corrected chi connectivity index (χ3v) is 3.25. The molecule has 0 radical (unpaired) electrons. The van der Waals surface area contributed by atoms with E-state index in [1.807, 2.05) is 6.92 Å². The van der Waals surface area contributed by atoms with Crippen LogP contribution in [0.4, 0.5) is 0 Å². The molecule has 4 heteroatoms. The molecule has 80 valence electrons. The number of hydrogen-bond donors (Lipinski definition) is 2. The van der Waals surface area contributed by atoms with Crippen molar-refractivity contribution in [2.45, 2.75) is 26.4 Å². The SMILES string of the molecule is Cc1[nH]cnc1CNC(C)c1ccsc1. The molecule has 0 saturated carbocycles. The third kappa shape index (κ3) is 2.46. The molecule has 2 aromatic rings. The van der Waals surface area contributed by atoms with Gasteiger partial charge in [0.15, 0.2) is 0 Å². The zero-order valence-electron chi connectivity index (χ0n) is 8.95. The third-order valence-electron chi connectivity index (χ3n) is 2.55. The number of hydrogen-bond acceptors (Lipinski definition) is 3. The van der Waals surface area contributed by atoms with Gasteiger partial charge in [-0.1, -0.05) is 0 Å². The lowest BCUT2D eigenvalue weighted by molar-refractivity contribution is 0.569. The quantitative estimate of drug-likeness (QED) is 0.833. The highest BCUT2D eigenvalue weighted by atomic mass is 32.1. The van der Waals surface area contributed by atoms with Gasteiger partial charge in [0.25, 0.3) is 0 Å². The molecule has 3 nitrogen and oxygen atoms in total. The Bertz CT molecular complexity index is 405. The van der Waals surface area contributed by atoms with Crippen molar-refractivity contribution < 1.29 is 0 Å². The average molecular weight is 221 g/mol. The van der Waals surface area contributed by atoms with Gasteiger partial charge in [-0.15, -0.1) is 0 Å². The number of aromatic nitrogens is 2. The van der Waals surface area contributed by atoms with Gasteiger partial charge in [0.2, 0.25) is 0 Å². The van der Waals surface area contributed by atoms with Crippen molar-refractivity contribution in [2.24, 2.45) is 0 Å². The molecule has 0 bridgehead atoms. The summed E-state index contributed by atoms with van der Waals surface area (Å²) in [6.07, 6.45) is 1.74. The maximum absolute atomic E-state index is 4.25. The van der Waals surface area contributed by atoms with Gasteiger partial charge in [-0.25, -0.2) is 4.98 Å². The molecule has 15 heavy (non-hydrogen) atoms. The first-order valence-corrected chi connectivity index (χ1v) is 5.96. The second-order valence-corrected chi connectivity index (χ2v) is 4.41. The average Bonchev–Trinajstić information content (AvgIpc) is 2.85. The number of thiophene rings is 1. The van der Waals surface area contributed by atoms with Crippen molar-refractivity contribution in [3.05, 3.63) is 40.1 Å². The molecule has 1 atom stereocenters. The van der Waals surface area contributed by atoms with Gasteiger partial charge in [-0.3, -0.25) is 0 Å². The molecule has 0 amide bonds. The van der Waals surface area contributed by atoms with Gasteiger partial charge < -0.3 is 10.3 Å². The van der Waals surface area contributed by atoms with E-state index in [0.717, 1.165) is 17.9 Å². The Kier molecular flexibility index (Phi) is 3.18. The molecule has 0 fully saturated rings. The molecular formula is C11H15N3S. The molecule has 0 aliphatic rings. The number of nitrogens with zero attached hydrogens (tertiary/aromatic N) is 1. The predicted octanol–water partition coefficient (Wildman–Crippen LogP) is 2.63. The second-order valence-electron chi connectivity index (χ2n) is 3.63. The predicted molar refractivity (Wildman–Crippen MR) is 62.9 cm³/mol. The van der Waals surface area contributed by atoms with Gasteiger partial charge in [-0.2, -0.15) is 11.3 Å². The Hall–Kier alpha value is -1.13. The van der Waals surface area contributed by atoms with Crippen LogP contribution in [0.25, 0.3) is 0 Å². The van der Waals surface area contributed by atoms with Crippen LogP contribution in [0.15, 0.2) is 23.2 Å². The lowest BCUT2D eigenvalue weighted by atomic mass is 10.2. The van der Waals surface area contributed by atoms with E-state index in [1.54, 1.807) is 17.7 Å². The van der Waals surface area contributed by atoms with Crippen LogP contribution in [0.2, 0.25) is 0 Å². The lowest BCUT2D eigenvalue weighted by Gasteiger charge is -2.11. The van der Waals surface area contributed by atoms with Crippen molar-refractivity contribution in [1.82, 2.24) is 15.3 Å². The van der Waals surface area contributed by atoms with Crippen LogP contribution in [0.1, 0.15) is 29.9 Å². The Labute approximate surface area is 93.6 Å². The van der Waals surface area contributed by atoms with Crippen LogP contribution < -0.4 is 5.32 Å². The summed E-state index contributed by atoms with van der Waals surface area (Å²) in [7, 11) is 0. The van der Waals surface area contributed by atoms with Gasteiger partial charge in [0.1, 0.15) is 0 Å². The van der Waals surface area contributed by atoms with Crippen molar-refractivity contribution in [3.8, 4) is 0 Å². The fourth-order valence-electron chi connectivity index (χ4n) is 1.45. The molecule has 1 unspecified atom stereocenters. The molecule has 0 aliphatic heterocycles. The van der Waals surface area contributed by atoms with E-state index in [1.165, 1.54) is 5.56 Å². The van der Waals surface area contributed by atoms with E-state index in [-0.39, 0.29) is 0 Å². The summed E-state index contributed by atoms with van der Waals surface area (Å²) in [5.74, 6) is 0. The Morgan fingerprint density at radius 1 is 1.60 bits per heavy atom. The molecule has 2 rings (SSSR count). The summed E-state index contributed by atoms with van der Waals surface area (Å²) in [5.41, 5.74) is 3.57. The highest BCUT2D eigenvalue weighted by molar-refractivity contribution is 7.07. The van der Waals surface area contributed by atoms with Crippen molar-refractivity contribution >= 4 is 11.3 Å². The van der Waals surface area contributed by atoms with Gasteiger partial charge in [0.05, 0.1) is 12.0 Å². The summed E-state index contributed by atoms with van der Waals surface area (Å²) in [6.45, 7) is 5.02. The van der Waals surface area contributed by atoms with Crippen LogP contribution >= 0.6 is 11.3 Å². The van der Waals surface area contributed by atoms with E-state index in [0.29, 0.717) is 6.04 Å². The Morgan fingerprint density at radius 3 is 3.07 bits per heavy atom. The van der Waals surface area contributed by atoms with E-state index >= 15 is 0 Å². The molecule has 0 aliphatic carbocycles. The molecular weight excluding hydrogens is 206 g/mol.